The Labute approximate surface area is 106 Å². The minimum atomic E-state index is -1.22. The van der Waals surface area contributed by atoms with Crippen molar-refractivity contribution in [3.8, 4) is 0 Å². The zero-order valence-electron chi connectivity index (χ0n) is 10.8. The third-order valence-corrected chi connectivity index (χ3v) is 2.34. The molecule has 7 heteroatoms. The highest BCUT2D eigenvalue weighted by Gasteiger charge is 2.27. The van der Waals surface area contributed by atoms with Crippen molar-refractivity contribution < 1.29 is 24.6 Å². The van der Waals surface area contributed by atoms with E-state index in [1.165, 1.54) is 6.92 Å². The number of carbonyl (C=O) groups is 3. The minimum Gasteiger partial charge on any atom is -0.480 e. The summed E-state index contributed by atoms with van der Waals surface area (Å²) in [6, 6.07) is -1.94. The molecule has 0 bridgehead atoms. The fourth-order valence-electron chi connectivity index (χ4n) is 1.40. The molecule has 0 heterocycles. The highest BCUT2D eigenvalue weighted by molar-refractivity contribution is 5.90. The summed E-state index contributed by atoms with van der Waals surface area (Å²) >= 11 is 0. The van der Waals surface area contributed by atoms with Gasteiger partial charge in [0.25, 0.3) is 0 Å². The van der Waals surface area contributed by atoms with Gasteiger partial charge in [-0.25, -0.2) is 4.79 Å². The van der Waals surface area contributed by atoms with Gasteiger partial charge in [0.05, 0.1) is 0 Å². The Hall–Kier alpha value is -1.63. The second kappa shape index (κ2) is 7.65. The summed E-state index contributed by atoms with van der Waals surface area (Å²) in [5.41, 5.74) is 0. The largest absolute Gasteiger partial charge is 0.480 e. The Balaban J connectivity index is 4.66. The van der Waals surface area contributed by atoms with E-state index in [1.807, 2.05) is 0 Å². The van der Waals surface area contributed by atoms with Crippen LogP contribution in [0.15, 0.2) is 0 Å². The van der Waals surface area contributed by atoms with Gasteiger partial charge < -0.3 is 20.8 Å². The molecule has 0 saturated heterocycles. The summed E-state index contributed by atoms with van der Waals surface area (Å²) in [5, 5.41) is 22.3. The first-order chi connectivity index (χ1) is 8.29. The van der Waals surface area contributed by atoms with Crippen LogP contribution in [0.1, 0.15) is 27.2 Å². The fourth-order valence-corrected chi connectivity index (χ4v) is 1.40. The number of carbonyl (C=O) groups excluding carboxylic acids is 2. The number of aliphatic hydroxyl groups excluding tert-OH is 1. The molecule has 0 rings (SSSR count). The normalized spacial score (nSPS) is 13.8. The summed E-state index contributed by atoms with van der Waals surface area (Å²) in [7, 11) is 0. The minimum absolute atomic E-state index is 0.0774. The molecular weight excluding hydrogens is 240 g/mol. The molecule has 2 amide bonds. The van der Waals surface area contributed by atoms with Crippen LogP contribution in [-0.2, 0) is 14.4 Å². The van der Waals surface area contributed by atoms with Gasteiger partial charge in [-0.05, 0) is 5.92 Å². The van der Waals surface area contributed by atoms with Crippen LogP contribution in [0, 0.1) is 5.92 Å². The van der Waals surface area contributed by atoms with Gasteiger partial charge in [0.1, 0.15) is 12.1 Å². The molecule has 0 fully saturated rings. The third kappa shape index (κ3) is 5.62. The van der Waals surface area contributed by atoms with Gasteiger partial charge in [0, 0.05) is 20.0 Å². The van der Waals surface area contributed by atoms with Gasteiger partial charge in [-0.3, -0.25) is 9.59 Å². The molecule has 2 unspecified atom stereocenters. The van der Waals surface area contributed by atoms with Crippen molar-refractivity contribution in [1.29, 1.82) is 0 Å². The van der Waals surface area contributed by atoms with E-state index < -0.39 is 24.0 Å². The van der Waals surface area contributed by atoms with E-state index in [4.69, 9.17) is 10.2 Å². The highest BCUT2D eigenvalue weighted by Crippen LogP contribution is 2.03. The molecule has 0 saturated carbocycles. The van der Waals surface area contributed by atoms with Crippen molar-refractivity contribution in [1.82, 2.24) is 10.6 Å². The zero-order valence-corrected chi connectivity index (χ0v) is 10.8. The molecule has 0 aliphatic rings. The van der Waals surface area contributed by atoms with Crippen LogP contribution in [0.5, 0.6) is 0 Å². The van der Waals surface area contributed by atoms with Gasteiger partial charge in [-0.15, -0.1) is 0 Å². The standard InChI is InChI=1S/C11H20N2O5/c1-6(2)9(12-7(3)15)10(16)13-8(4-5-14)11(17)18/h6,8-9,14H,4-5H2,1-3H3,(H,12,15)(H,13,16)(H,17,18). The number of amides is 2. The van der Waals surface area contributed by atoms with Crippen molar-refractivity contribution >= 4 is 17.8 Å². The number of carboxylic acid groups (broad SMARTS) is 1. The first kappa shape index (κ1) is 16.4. The lowest BCUT2D eigenvalue weighted by Gasteiger charge is -2.23. The first-order valence-electron chi connectivity index (χ1n) is 5.70. The average molecular weight is 260 g/mol. The second-order valence-corrected chi connectivity index (χ2v) is 4.33. The smallest absolute Gasteiger partial charge is 0.326 e. The summed E-state index contributed by atoms with van der Waals surface area (Å²) in [5.74, 6) is -2.32. The molecule has 104 valence electrons. The first-order valence-corrected chi connectivity index (χ1v) is 5.70. The Morgan fingerprint density at radius 3 is 2.06 bits per heavy atom. The topological polar surface area (TPSA) is 116 Å². The molecule has 0 aromatic carbocycles. The maximum Gasteiger partial charge on any atom is 0.326 e. The molecule has 7 nitrogen and oxygen atoms in total. The maximum absolute atomic E-state index is 11.8. The number of rotatable bonds is 7. The summed E-state index contributed by atoms with van der Waals surface area (Å²) in [4.78, 5) is 33.6. The predicted octanol–water partition coefficient (Wildman–Crippen LogP) is -0.901. The van der Waals surface area contributed by atoms with E-state index in [0.29, 0.717) is 0 Å². The second-order valence-electron chi connectivity index (χ2n) is 4.33. The lowest BCUT2D eigenvalue weighted by Crippen LogP contribution is -2.53. The van der Waals surface area contributed by atoms with E-state index in [2.05, 4.69) is 10.6 Å². The SMILES string of the molecule is CC(=O)NC(C(=O)NC(CCO)C(=O)O)C(C)C. The van der Waals surface area contributed by atoms with Gasteiger partial charge in [0.2, 0.25) is 11.8 Å². The van der Waals surface area contributed by atoms with Crippen molar-refractivity contribution in [2.24, 2.45) is 5.92 Å². The van der Waals surface area contributed by atoms with Crippen LogP contribution in [0.4, 0.5) is 0 Å². The number of carboxylic acids is 1. The van der Waals surface area contributed by atoms with Gasteiger partial charge in [-0.1, -0.05) is 13.8 Å². The number of hydrogen-bond acceptors (Lipinski definition) is 4. The monoisotopic (exact) mass is 260 g/mol. The lowest BCUT2D eigenvalue weighted by molar-refractivity contribution is -0.142. The van der Waals surface area contributed by atoms with Crippen molar-refractivity contribution in [2.75, 3.05) is 6.61 Å². The summed E-state index contributed by atoms with van der Waals surface area (Å²) < 4.78 is 0. The van der Waals surface area contributed by atoms with Gasteiger partial charge in [0.15, 0.2) is 0 Å². The van der Waals surface area contributed by atoms with Crippen LogP contribution in [0.25, 0.3) is 0 Å². The third-order valence-electron chi connectivity index (χ3n) is 2.34. The fraction of sp³-hybridized carbons (Fsp3) is 0.727. The van der Waals surface area contributed by atoms with Gasteiger partial charge in [-0.2, -0.15) is 0 Å². The lowest BCUT2D eigenvalue weighted by atomic mass is 10.0. The Kier molecular flexibility index (Phi) is 6.96. The molecule has 0 radical (unpaired) electrons. The van der Waals surface area contributed by atoms with E-state index in [9.17, 15) is 14.4 Å². The molecule has 18 heavy (non-hydrogen) atoms. The Morgan fingerprint density at radius 1 is 1.17 bits per heavy atom. The maximum atomic E-state index is 11.8. The molecule has 0 spiro atoms. The average Bonchev–Trinajstić information content (AvgIpc) is 2.24. The van der Waals surface area contributed by atoms with E-state index in [1.54, 1.807) is 13.8 Å². The number of aliphatic carboxylic acids is 1. The number of nitrogens with one attached hydrogen (secondary N) is 2. The van der Waals surface area contributed by atoms with Crippen molar-refractivity contribution in [3.63, 3.8) is 0 Å². The highest BCUT2D eigenvalue weighted by atomic mass is 16.4. The van der Waals surface area contributed by atoms with E-state index in [-0.39, 0.29) is 24.9 Å². The number of hydrogen-bond donors (Lipinski definition) is 4. The predicted molar refractivity (Wildman–Crippen MR) is 63.7 cm³/mol. The van der Waals surface area contributed by atoms with Crippen LogP contribution in [0.3, 0.4) is 0 Å². The number of aliphatic hydroxyl groups is 1. The van der Waals surface area contributed by atoms with Crippen LogP contribution >= 0.6 is 0 Å². The molecule has 0 aliphatic heterocycles. The Morgan fingerprint density at radius 2 is 1.72 bits per heavy atom. The molecule has 0 aliphatic carbocycles. The molecule has 2 atom stereocenters. The van der Waals surface area contributed by atoms with Crippen molar-refractivity contribution in [2.45, 2.75) is 39.3 Å². The quantitative estimate of drug-likeness (QED) is 0.473. The van der Waals surface area contributed by atoms with Crippen LogP contribution in [-0.4, -0.2) is 46.7 Å². The summed E-state index contributed by atoms with van der Waals surface area (Å²) in [6.07, 6.45) is -0.0774. The van der Waals surface area contributed by atoms with Crippen molar-refractivity contribution in [3.05, 3.63) is 0 Å². The molecule has 4 N–H and O–H groups in total. The molecule has 0 aromatic heterocycles. The van der Waals surface area contributed by atoms with Gasteiger partial charge >= 0.3 is 5.97 Å². The molecule has 0 aromatic rings. The summed E-state index contributed by atoms with van der Waals surface area (Å²) in [6.45, 7) is 4.42. The van der Waals surface area contributed by atoms with E-state index >= 15 is 0 Å². The van der Waals surface area contributed by atoms with Crippen LogP contribution in [0.2, 0.25) is 0 Å². The van der Waals surface area contributed by atoms with Crippen LogP contribution < -0.4 is 10.6 Å². The zero-order chi connectivity index (χ0) is 14.3. The Bertz CT molecular complexity index is 317. The molecular formula is C11H20N2O5. The van der Waals surface area contributed by atoms with E-state index in [0.717, 1.165) is 0 Å².